The van der Waals surface area contributed by atoms with Crippen molar-refractivity contribution in [2.24, 2.45) is 17.8 Å². The summed E-state index contributed by atoms with van der Waals surface area (Å²) in [5.41, 5.74) is 1.61. The fraction of sp³-hybridized carbons (Fsp3) is 0.600. The van der Waals surface area contributed by atoms with Crippen molar-refractivity contribution in [2.75, 3.05) is 13.2 Å². The minimum absolute atomic E-state index is 0.0898. The topological polar surface area (TPSA) is 27.7 Å². The third-order valence-electron chi connectivity index (χ3n) is 8.72. The summed E-state index contributed by atoms with van der Waals surface area (Å²) in [5.74, 6) is -6.34. The fourth-order valence-electron chi connectivity index (χ4n) is 6.25. The van der Waals surface area contributed by atoms with Crippen LogP contribution in [0, 0.1) is 41.0 Å². The van der Waals surface area contributed by atoms with Gasteiger partial charge in [0, 0.05) is 24.0 Å². The van der Waals surface area contributed by atoms with E-state index in [-0.39, 0.29) is 43.7 Å². The minimum atomic E-state index is -3.68. The summed E-state index contributed by atoms with van der Waals surface area (Å²) >= 11 is 0. The summed E-state index contributed by atoms with van der Waals surface area (Å²) in [6, 6.07) is 6.33. The van der Waals surface area contributed by atoms with Gasteiger partial charge >= 0.3 is 6.11 Å². The highest BCUT2D eigenvalue weighted by atomic mass is 19.3. The molecule has 2 aliphatic carbocycles. The molecule has 2 aromatic rings. The quantitative estimate of drug-likeness (QED) is 0.264. The Bertz CT molecular complexity index is 1110. The van der Waals surface area contributed by atoms with Crippen LogP contribution in [0.25, 0.3) is 0 Å². The zero-order chi connectivity index (χ0) is 27.7. The van der Waals surface area contributed by atoms with E-state index in [1.807, 2.05) is 12.1 Å². The SMILES string of the molecule is CC1CCC(c2ccc(C3COC(C4CCC(C(F)(F)Oc5cc(F)c(F)c(F)c5)CC4)OC3)c(F)c2)CC1. The third kappa shape index (κ3) is 6.40. The van der Waals surface area contributed by atoms with E-state index < -0.39 is 41.5 Å². The molecule has 0 amide bonds. The van der Waals surface area contributed by atoms with Gasteiger partial charge in [-0.3, -0.25) is 0 Å². The molecule has 1 aliphatic heterocycles. The maximum absolute atomic E-state index is 15.0. The lowest BCUT2D eigenvalue weighted by Gasteiger charge is -2.39. The average molecular weight is 557 g/mol. The Morgan fingerprint density at radius 1 is 0.744 bits per heavy atom. The second-order valence-electron chi connectivity index (χ2n) is 11.4. The van der Waals surface area contributed by atoms with Gasteiger partial charge < -0.3 is 14.2 Å². The number of halogens is 6. The molecule has 0 spiro atoms. The van der Waals surface area contributed by atoms with Gasteiger partial charge in [-0.05, 0) is 67.6 Å². The van der Waals surface area contributed by atoms with Crippen LogP contribution in [0.2, 0.25) is 0 Å². The van der Waals surface area contributed by atoms with Gasteiger partial charge in [0.15, 0.2) is 23.7 Å². The Kier molecular flexibility index (Phi) is 8.48. The molecule has 0 N–H and O–H groups in total. The van der Waals surface area contributed by atoms with Crippen LogP contribution < -0.4 is 4.74 Å². The zero-order valence-electron chi connectivity index (χ0n) is 21.9. The monoisotopic (exact) mass is 556 g/mol. The van der Waals surface area contributed by atoms with Gasteiger partial charge in [-0.15, -0.1) is 0 Å². The molecule has 1 heterocycles. The van der Waals surface area contributed by atoms with Crippen molar-refractivity contribution in [3.05, 3.63) is 64.7 Å². The first-order valence-electron chi connectivity index (χ1n) is 13.8. The molecule has 0 aromatic heterocycles. The molecule has 5 rings (SSSR count). The molecule has 9 heteroatoms. The van der Waals surface area contributed by atoms with E-state index in [0.29, 0.717) is 36.5 Å². The minimum Gasteiger partial charge on any atom is -0.432 e. The lowest BCUT2D eigenvalue weighted by molar-refractivity contribution is -0.242. The van der Waals surface area contributed by atoms with Gasteiger partial charge in [-0.1, -0.05) is 31.9 Å². The van der Waals surface area contributed by atoms with Crippen LogP contribution in [0.15, 0.2) is 30.3 Å². The zero-order valence-corrected chi connectivity index (χ0v) is 21.9. The van der Waals surface area contributed by atoms with Gasteiger partial charge in [-0.2, -0.15) is 8.78 Å². The first kappa shape index (κ1) is 28.3. The maximum atomic E-state index is 15.0. The van der Waals surface area contributed by atoms with Crippen molar-refractivity contribution in [3.8, 4) is 5.75 Å². The van der Waals surface area contributed by atoms with Gasteiger partial charge in [0.25, 0.3) is 0 Å². The van der Waals surface area contributed by atoms with E-state index in [1.165, 1.54) is 12.8 Å². The van der Waals surface area contributed by atoms with Crippen molar-refractivity contribution in [2.45, 2.75) is 82.5 Å². The molecule has 0 atom stereocenters. The number of alkyl halides is 2. The van der Waals surface area contributed by atoms with Crippen LogP contribution in [-0.2, 0) is 9.47 Å². The number of hydrogen-bond acceptors (Lipinski definition) is 3. The van der Waals surface area contributed by atoms with Crippen LogP contribution in [0.5, 0.6) is 5.75 Å². The normalized spacial score (nSPS) is 30.2. The second kappa shape index (κ2) is 11.7. The maximum Gasteiger partial charge on any atom is 0.400 e. The van der Waals surface area contributed by atoms with E-state index in [1.54, 1.807) is 6.07 Å². The Morgan fingerprint density at radius 2 is 1.36 bits per heavy atom. The van der Waals surface area contributed by atoms with Crippen molar-refractivity contribution in [1.82, 2.24) is 0 Å². The molecule has 214 valence electrons. The van der Waals surface area contributed by atoms with Crippen molar-refractivity contribution >= 4 is 0 Å². The van der Waals surface area contributed by atoms with Gasteiger partial charge in [-0.25, -0.2) is 17.6 Å². The molecular formula is C30H34F6O3. The number of rotatable bonds is 6. The molecule has 1 saturated heterocycles. The molecule has 3 aliphatic rings. The predicted molar refractivity (Wildman–Crippen MR) is 133 cm³/mol. The number of hydrogen-bond donors (Lipinski definition) is 0. The average Bonchev–Trinajstić information content (AvgIpc) is 2.92. The molecule has 0 bridgehead atoms. The molecular weight excluding hydrogens is 522 g/mol. The van der Waals surface area contributed by atoms with Crippen LogP contribution >= 0.6 is 0 Å². The van der Waals surface area contributed by atoms with Gasteiger partial charge in [0.05, 0.1) is 19.1 Å². The van der Waals surface area contributed by atoms with Crippen molar-refractivity contribution < 1.29 is 40.6 Å². The molecule has 0 unspecified atom stereocenters. The highest BCUT2D eigenvalue weighted by Gasteiger charge is 2.46. The van der Waals surface area contributed by atoms with Crippen LogP contribution in [0.1, 0.15) is 81.3 Å². The van der Waals surface area contributed by atoms with E-state index in [2.05, 4.69) is 11.7 Å². The van der Waals surface area contributed by atoms with E-state index in [9.17, 15) is 22.0 Å². The number of benzene rings is 2. The first-order chi connectivity index (χ1) is 18.6. The van der Waals surface area contributed by atoms with E-state index in [0.717, 1.165) is 24.3 Å². The molecule has 2 saturated carbocycles. The summed E-state index contributed by atoms with van der Waals surface area (Å²) in [5, 5.41) is 0. The Balaban J connectivity index is 1.11. The highest BCUT2D eigenvalue weighted by molar-refractivity contribution is 5.30. The Hall–Kier alpha value is -2.26. The van der Waals surface area contributed by atoms with E-state index >= 15 is 4.39 Å². The Labute approximate surface area is 224 Å². The van der Waals surface area contributed by atoms with Crippen LogP contribution in [0.3, 0.4) is 0 Å². The summed E-state index contributed by atoms with van der Waals surface area (Å²) in [6.45, 7) is 2.82. The fourth-order valence-corrected chi connectivity index (χ4v) is 6.25. The predicted octanol–water partition coefficient (Wildman–Crippen LogP) is 8.47. The second-order valence-corrected chi connectivity index (χ2v) is 11.4. The third-order valence-corrected chi connectivity index (χ3v) is 8.72. The van der Waals surface area contributed by atoms with Crippen molar-refractivity contribution in [3.63, 3.8) is 0 Å². The highest BCUT2D eigenvalue weighted by Crippen LogP contribution is 2.43. The summed E-state index contributed by atoms with van der Waals surface area (Å²) < 4.78 is 101. The van der Waals surface area contributed by atoms with Crippen LogP contribution in [-0.4, -0.2) is 25.6 Å². The summed E-state index contributed by atoms with van der Waals surface area (Å²) in [7, 11) is 0. The van der Waals surface area contributed by atoms with Gasteiger partial charge in [0.2, 0.25) is 0 Å². The largest absolute Gasteiger partial charge is 0.432 e. The number of ether oxygens (including phenoxy) is 3. The van der Waals surface area contributed by atoms with Crippen LogP contribution in [0.4, 0.5) is 26.3 Å². The lowest BCUT2D eigenvalue weighted by Crippen LogP contribution is -2.41. The smallest absolute Gasteiger partial charge is 0.400 e. The Morgan fingerprint density at radius 3 is 1.95 bits per heavy atom. The van der Waals surface area contributed by atoms with Gasteiger partial charge in [0.1, 0.15) is 11.6 Å². The molecule has 0 radical (unpaired) electrons. The molecule has 2 aromatic carbocycles. The summed E-state index contributed by atoms with van der Waals surface area (Å²) in [6.07, 6.45) is 1.20. The van der Waals surface area contributed by atoms with E-state index in [4.69, 9.17) is 9.47 Å². The van der Waals surface area contributed by atoms with Crippen molar-refractivity contribution in [1.29, 1.82) is 0 Å². The molecule has 3 fully saturated rings. The molecule has 3 nitrogen and oxygen atoms in total. The first-order valence-corrected chi connectivity index (χ1v) is 13.8. The standard InChI is InChI=1S/C30H34F6O3/c1-17-2-4-18(5-3-17)20-8-11-24(25(31)12-20)21-15-37-29(38-16-21)19-6-9-22(10-7-19)30(35,36)39-23-13-26(32)28(34)27(33)14-23/h8,11-14,17-19,21-22,29H,2-7,9-10,15-16H2,1H3. The lowest BCUT2D eigenvalue weighted by atomic mass is 9.79. The molecule has 39 heavy (non-hydrogen) atoms. The summed E-state index contributed by atoms with van der Waals surface area (Å²) in [4.78, 5) is 0.